The molecule has 3 atom stereocenters. The Balaban J connectivity index is 1.59. The number of carbonyl (C=O) groups excluding carboxylic acids is 3. The van der Waals surface area contributed by atoms with Crippen molar-refractivity contribution in [2.45, 2.75) is 44.8 Å². The first kappa shape index (κ1) is 26.0. The lowest BCUT2D eigenvalue weighted by molar-refractivity contribution is -0.145. The number of esters is 1. The summed E-state index contributed by atoms with van der Waals surface area (Å²) in [6.45, 7) is 3.68. The molecule has 0 bridgehead atoms. The summed E-state index contributed by atoms with van der Waals surface area (Å²) in [5, 5.41) is 7.52. The number of fused-ring (bicyclic) bond motifs is 2. The van der Waals surface area contributed by atoms with Gasteiger partial charge in [-0.15, -0.1) is 0 Å². The minimum absolute atomic E-state index is 0.110. The summed E-state index contributed by atoms with van der Waals surface area (Å²) in [4.78, 5) is 45.5. The van der Waals surface area contributed by atoms with Crippen LogP contribution in [0.15, 0.2) is 60.9 Å². The number of amides is 2. The number of hydrogen-bond donors (Lipinski definition) is 5. The maximum absolute atomic E-state index is 13.6. The van der Waals surface area contributed by atoms with Gasteiger partial charge in [0.25, 0.3) is 0 Å². The number of hydrogen-bond acceptors (Lipinski definition) is 5. The van der Waals surface area contributed by atoms with Crippen LogP contribution in [0.2, 0.25) is 0 Å². The van der Waals surface area contributed by atoms with Gasteiger partial charge in [0.2, 0.25) is 11.8 Å². The molecule has 4 aromatic rings. The minimum Gasteiger partial charge on any atom is -0.467 e. The number of para-hydroxylation sites is 2. The normalized spacial score (nSPS) is 13.9. The zero-order valence-electron chi connectivity index (χ0n) is 21.2. The highest BCUT2D eigenvalue weighted by Crippen LogP contribution is 2.21. The van der Waals surface area contributed by atoms with Crippen molar-refractivity contribution in [3.63, 3.8) is 0 Å². The summed E-state index contributed by atoms with van der Waals surface area (Å²) in [6.07, 6.45) is 4.08. The number of benzene rings is 2. The van der Waals surface area contributed by atoms with Gasteiger partial charge in [-0.1, -0.05) is 50.2 Å². The van der Waals surface area contributed by atoms with E-state index in [4.69, 9.17) is 10.5 Å². The molecule has 2 heterocycles. The highest BCUT2D eigenvalue weighted by Gasteiger charge is 2.30. The number of rotatable bonds is 10. The van der Waals surface area contributed by atoms with Gasteiger partial charge in [0.1, 0.15) is 12.1 Å². The number of ether oxygens (including phenoxy) is 1. The number of carbonyl (C=O) groups is 3. The number of H-pyrrole nitrogens is 2. The summed E-state index contributed by atoms with van der Waals surface area (Å²) < 4.78 is 4.99. The van der Waals surface area contributed by atoms with E-state index in [1.165, 1.54) is 7.11 Å². The fourth-order valence-electron chi connectivity index (χ4n) is 4.43. The molecule has 0 aliphatic carbocycles. The van der Waals surface area contributed by atoms with Gasteiger partial charge in [-0.2, -0.15) is 0 Å². The largest absolute Gasteiger partial charge is 0.467 e. The Hall–Kier alpha value is -4.11. The summed E-state index contributed by atoms with van der Waals surface area (Å²) in [5.41, 5.74) is 9.64. The van der Waals surface area contributed by atoms with Crippen LogP contribution in [-0.2, 0) is 32.0 Å². The fraction of sp³-hybridized carbons (Fsp3) is 0.321. The predicted octanol–water partition coefficient (Wildman–Crippen LogP) is 2.56. The molecule has 2 aromatic carbocycles. The average molecular weight is 504 g/mol. The lowest BCUT2D eigenvalue weighted by atomic mass is 10.0. The molecule has 0 unspecified atom stereocenters. The third-order valence-corrected chi connectivity index (χ3v) is 6.65. The van der Waals surface area contributed by atoms with E-state index in [9.17, 15) is 14.4 Å². The Morgan fingerprint density at radius 3 is 1.81 bits per heavy atom. The van der Waals surface area contributed by atoms with E-state index >= 15 is 0 Å². The van der Waals surface area contributed by atoms with Crippen molar-refractivity contribution >= 4 is 39.6 Å². The van der Waals surface area contributed by atoms with Crippen LogP contribution in [0, 0.1) is 5.92 Å². The highest BCUT2D eigenvalue weighted by atomic mass is 16.5. The van der Waals surface area contributed by atoms with Crippen LogP contribution < -0.4 is 16.4 Å². The van der Waals surface area contributed by atoms with Crippen molar-refractivity contribution in [3.8, 4) is 0 Å². The van der Waals surface area contributed by atoms with Gasteiger partial charge in [-0.3, -0.25) is 9.59 Å². The summed E-state index contributed by atoms with van der Waals surface area (Å²) in [5.74, 6) is -1.61. The molecule has 9 heteroatoms. The Morgan fingerprint density at radius 1 is 0.811 bits per heavy atom. The van der Waals surface area contributed by atoms with E-state index in [0.29, 0.717) is 0 Å². The third kappa shape index (κ3) is 5.83. The molecular weight excluding hydrogens is 470 g/mol. The van der Waals surface area contributed by atoms with E-state index in [2.05, 4.69) is 20.6 Å². The van der Waals surface area contributed by atoms with Gasteiger partial charge in [0.15, 0.2) is 0 Å². The van der Waals surface area contributed by atoms with E-state index < -0.39 is 35.9 Å². The van der Waals surface area contributed by atoms with Crippen LogP contribution in [0.3, 0.4) is 0 Å². The van der Waals surface area contributed by atoms with Crippen LogP contribution in [0.5, 0.6) is 0 Å². The van der Waals surface area contributed by atoms with Crippen LogP contribution in [0.4, 0.5) is 0 Å². The number of aromatic nitrogens is 2. The third-order valence-electron chi connectivity index (χ3n) is 6.65. The lowest BCUT2D eigenvalue weighted by Gasteiger charge is -2.24. The molecule has 0 spiro atoms. The first-order valence-electron chi connectivity index (χ1n) is 12.3. The number of nitrogens with two attached hydrogens (primary N) is 1. The molecule has 0 saturated carbocycles. The number of aromatic amines is 2. The fourth-order valence-corrected chi connectivity index (χ4v) is 4.43. The van der Waals surface area contributed by atoms with E-state index in [1.807, 2.05) is 74.8 Å². The molecule has 194 valence electrons. The second-order valence-electron chi connectivity index (χ2n) is 9.54. The molecule has 2 aromatic heterocycles. The standard InChI is InChI=1S/C28H33N5O4/c1-16(2)25(29)27(35)32-23(12-17-14-30-21-10-6-4-8-19(17)21)26(34)33-24(28(36)37-3)13-18-15-31-22-11-7-5-9-20(18)22/h4-11,14-16,23-25,30-31H,12-13,29H2,1-3H3,(H,32,35)(H,33,34)/t23-,24-,25-/m0/s1. The summed E-state index contributed by atoms with van der Waals surface area (Å²) in [7, 11) is 1.28. The molecule has 37 heavy (non-hydrogen) atoms. The monoisotopic (exact) mass is 503 g/mol. The predicted molar refractivity (Wildman–Crippen MR) is 143 cm³/mol. The van der Waals surface area contributed by atoms with E-state index in [0.717, 1.165) is 32.9 Å². The van der Waals surface area contributed by atoms with Crippen molar-refractivity contribution in [2.24, 2.45) is 11.7 Å². The molecule has 4 rings (SSSR count). The Kier molecular flexibility index (Phi) is 7.93. The maximum atomic E-state index is 13.6. The smallest absolute Gasteiger partial charge is 0.328 e. The highest BCUT2D eigenvalue weighted by molar-refractivity contribution is 5.93. The molecule has 0 fully saturated rings. The van der Waals surface area contributed by atoms with E-state index in [-0.39, 0.29) is 18.8 Å². The molecule has 0 radical (unpaired) electrons. The van der Waals surface area contributed by atoms with Crippen molar-refractivity contribution in [1.29, 1.82) is 0 Å². The first-order valence-corrected chi connectivity index (χ1v) is 12.3. The molecular formula is C28H33N5O4. The van der Waals surface area contributed by atoms with Gasteiger partial charge in [-0.25, -0.2) is 4.79 Å². The van der Waals surface area contributed by atoms with Crippen molar-refractivity contribution < 1.29 is 19.1 Å². The number of methoxy groups -OCH3 is 1. The number of nitrogens with one attached hydrogen (secondary N) is 4. The second kappa shape index (κ2) is 11.3. The van der Waals surface area contributed by atoms with E-state index in [1.54, 1.807) is 0 Å². The molecule has 2 amide bonds. The van der Waals surface area contributed by atoms with Crippen LogP contribution in [0.25, 0.3) is 21.8 Å². The minimum atomic E-state index is -0.952. The van der Waals surface area contributed by atoms with Crippen molar-refractivity contribution in [3.05, 3.63) is 72.1 Å². The van der Waals surface area contributed by atoms with Gasteiger partial charge in [-0.05, 0) is 29.2 Å². The molecule has 0 aliphatic heterocycles. The summed E-state index contributed by atoms with van der Waals surface area (Å²) >= 11 is 0. The van der Waals surface area contributed by atoms with Gasteiger partial charge >= 0.3 is 5.97 Å². The lowest BCUT2D eigenvalue weighted by Crippen LogP contribution is -2.56. The van der Waals surface area contributed by atoms with Crippen molar-refractivity contribution in [2.75, 3.05) is 7.11 Å². The average Bonchev–Trinajstić information content (AvgIpc) is 3.51. The Bertz CT molecular complexity index is 1410. The molecule has 6 N–H and O–H groups in total. The van der Waals surface area contributed by atoms with Crippen molar-refractivity contribution in [1.82, 2.24) is 20.6 Å². The first-order chi connectivity index (χ1) is 17.8. The zero-order valence-corrected chi connectivity index (χ0v) is 21.2. The quantitative estimate of drug-likeness (QED) is 0.212. The zero-order chi connectivity index (χ0) is 26.5. The van der Waals surface area contributed by atoms with Gasteiger partial charge < -0.3 is 31.1 Å². The van der Waals surface area contributed by atoms with Crippen LogP contribution in [-0.4, -0.2) is 53.0 Å². The Morgan fingerprint density at radius 2 is 1.30 bits per heavy atom. The van der Waals surface area contributed by atoms with Crippen LogP contribution in [0.1, 0.15) is 25.0 Å². The SMILES string of the molecule is COC(=O)[C@H](Cc1c[nH]c2ccccc12)NC(=O)[C@H](Cc1c[nH]c2ccccc12)NC(=O)[C@@H](N)C(C)C. The Labute approximate surface area is 215 Å². The molecule has 9 nitrogen and oxygen atoms in total. The van der Waals surface area contributed by atoms with Gasteiger partial charge in [0.05, 0.1) is 13.2 Å². The van der Waals surface area contributed by atoms with Crippen LogP contribution >= 0.6 is 0 Å². The maximum Gasteiger partial charge on any atom is 0.328 e. The molecule has 0 saturated heterocycles. The topological polar surface area (TPSA) is 142 Å². The molecule has 0 aliphatic rings. The second-order valence-corrected chi connectivity index (χ2v) is 9.54. The summed E-state index contributed by atoms with van der Waals surface area (Å²) in [6, 6.07) is 12.8. The van der Waals surface area contributed by atoms with Gasteiger partial charge in [0, 0.05) is 47.0 Å².